The van der Waals surface area contributed by atoms with Crippen LogP contribution >= 0.6 is 11.8 Å². The van der Waals surface area contributed by atoms with E-state index >= 15 is 0 Å². The third kappa shape index (κ3) is 6.95. The molecule has 0 atom stereocenters. The first-order valence-electron chi connectivity index (χ1n) is 11.6. The molecule has 2 aliphatic heterocycles. The van der Waals surface area contributed by atoms with Gasteiger partial charge in [0.15, 0.2) is 0 Å². The SMILES string of the molecule is CN(C)CCOc1cc(/C=C2\SC(=O)NC2=O)nc(N2CCCN(C(=O)Nc3ccccc3)CC2)n1. The minimum Gasteiger partial charge on any atom is -0.476 e. The molecular weight excluding hydrogens is 482 g/mol. The molecule has 2 saturated heterocycles. The topological polar surface area (TPSA) is 120 Å². The number of carbonyl (C=O) groups is 3. The molecule has 0 spiro atoms. The molecular formula is C24H29N7O4S. The monoisotopic (exact) mass is 511 g/mol. The highest BCUT2D eigenvalue weighted by atomic mass is 32.2. The molecule has 11 nitrogen and oxygen atoms in total. The van der Waals surface area contributed by atoms with Gasteiger partial charge < -0.3 is 24.8 Å². The standard InChI is InChI=1S/C24H29N7O4S/c1-29(2)13-14-35-20-16-18(15-19-21(32)28-24(34)36-19)25-22(27-20)30-9-6-10-31(12-11-30)23(33)26-17-7-4-3-5-8-17/h3-5,7-8,15-16H,6,9-14H2,1-2H3,(H,26,33)(H,28,32,34)/b19-15-. The summed E-state index contributed by atoms with van der Waals surface area (Å²) in [6.45, 7) is 3.42. The van der Waals surface area contributed by atoms with E-state index in [1.165, 1.54) is 0 Å². The van der Waals surface area contributed by atoms with E-state index in [-0.39, 0.29) is 10.9 Å². The molecule has 2 aromatic rings. The summed E-state index contributed by atoms with van der Waals surface area (Å²) in [5.74, 6) is 0.380. The van der Waals surface area contributed by atoms with E-state index in [1.54, 1.807) is 17.0 Å². The van der Waals surface area contributed by atoms with Gasteiger partial charge >= 0.3 is 6.03 Å². The number of para-hydroxylation sites is 1. The second-order valence-corrected chi connectivity index (χ2v) is 9.57. The minimum atomic E-state index is -0.449. The maximum absolute atomic E-state index is 12.8. The van der Waals surface area contributed by atoms with E-state index in [4.69, 9.17) is 4.74 Å². The van der Waals surface area contributed by atoms with Crippen molar-refractivity contribution in [2.45, 2.75) is 6.42 Å². The largest absolute Gasteiger partial charge is 0.476 e. The lowest BCUT2D eigenvalue weighted by Gasteiger charge is -2.23. The van der Waals surface area contributed by atoms with Crippen LogP contribution in [0.4, 0.5) is 21.2 Å². The molecule has 2 N–H and O–H groups in total. The van der Waals surface area contributed by atoms with Crippen LogP contribution in [0, 0.1) is 0 Å². The van der Waals surface area contributed by atoms with E-state index in [0.29, 0.717) is 56.9 Å². The Labute approximate surface area is 213 Å². The van der Waals surface area contributed by atoms with Crippen molar-refractivity contribution in [3.05, 3.63) is 47.0 Å². The molecule has 2 aliphatic rings. The Hall–Kier alpha value is -3.64. The van der Waals surface area contributed by atoms with Gasteiger partial charge in [0.25, 0.3) is 11.1 Å². The lowest BCUT2D eigenvalue weighted by Crippen LogP contribution is -2.38. The van der Waals surface area contributed by atoms with Crippen molar-refractivity contribution < 1.29 is 19.1 Å². The zero-order chi connectivity index (χ0) is 25.5. The van der Waals surface area contributed by atoms with E-state index in [0.717, 1.165) is 23.9 Å². The molecule has 0 unspecified atom stereocenters. The Morgan fingerprint density at radius 3 is 2.69 bits per heavy atom. The van der Waals surface area contributed by atoms with E-state index in [1.807, 2.05) is 54.2 Å². The zero-order valence-electron chi connectivity index (χ0n) is 20.3. The number of rotatable bonds is 7. The number of urea groups is 1. The molecule has 1 aromatic heterocycles. The van der Waals surface area contributed by atoms with Crippen LogP contribution in [0.5, 0.6) is 5.88 Å². The summed E-state index contributed by atoms with van der Waals surface area (Å²) < 4.78 is 5.86. The third-order valence-corrected chi connectivity index (χ3v) is 6.32. The van der Waals surface area contributed by atoms with Gasteiger partial charge in [-0.1, -0.05) is 18.2 Å². The maximum atomic E-state index is 12.8. The molecule has 1 aromatic carbocycles. The molecule has 4 rings (SSSR count). The highest BCUT2D eigenvalue weighted by Gasteiger charge is 2.26. The Morgan fingerprint density at radius 2 is 1.97 bits per heavy atom. The number of imide groups is 1. The van der Waals surface area contributed by atoms with Crippen LogP contribution in [0.25, 0.3) is 6.08 Å². The van der Waals surface area contributed by atoms with Gasteiger partial charge in [-0.3, -0.25) is 14.9 Å². The van der Waals surface area contributed by atoms with Gasteiger partial charge in [0.2, 0.25) is 11.8 Å². The van der Waals surface area contributed by atoms with Crippen molar-refractivity contribution in [2.75, 3.05) is 63.6 Å². The van der Waals surface area contributed by atoms with Gasteiger partial charge in [0.05, 0.1) is 10.6 Å². The number of aromatic nitrogens is 2. The van der Waals surface area contributed by atoms with Gasteiger partial charge in [-0.15, -0.1) is 0 Å². The highest BCUT2D eigenvalue weighted by molar-refractivity contribution is 8.18. The summed E-state index contributed by atoms with van der Waals surface area (Å²) >= 11 is 0.834. The number of ether oxygens (including phenoxy) is 1. The molecule has 4 amide bonds. The van der Waals surface area contributed by atoms with Crippen molar-refractivity contribution in [1.29, 1.82) is 0 Å². The number of nitrogens with one attached hydrogen (secondary N) is 2. The first kappa shape index (κ1) is 25.5. The summed E-state index contributed by atoms with van der Waals surface area (Å²) in [4.78, 5) is 51.6. The number of benzene rings is 1. The van der Waals surface area contributed by atoms with Crippen molar-refractivity contribution in [3.63, 3.8) is 0 Å². The van der Waals surface area contributed by atoms with E-state index in [9.17, 15) is 14.4 Å². The van der Waals surface area contributed by atoms with Crippen LogP contribution in [0.2, 0.25) is 0 Å². The average Bonchev–Trinajstić information content (AvgIpc) is 3.02. The van der Waals surface area contributed by atoms with Crippen LogP contribution in [-0.4, -0.2) is 90.4 Å². The molecule has 12 heteroatoms. The van der Waals surface area contributed by atoms with Gasteiger partial charge in [0, 0.05) is 44.5 Å². The number of hydrogen-bond acceptors (Lipinski definition) is 9. The quantitative estimate of drug-likeness (QED) is 0.540. The number of nitrogens with zero attached hydrogens (tertiary/aromatic N) is 5. The predicted octanol–water partition coefficient (Wildman–Crippen LogP) is 2.49. The van der Waals surface area contributed by atoms with Gasteiger partial charge in [-0.05, 0) is 50.5 Å². The number of thioether (sulfide) groups is 1. The molecule has 0 radical (unpaired) electrons. The third-order valence-electron chi connectivity index (χ3n) is 5.51. The fourth-order valence-corrected chi connectivity index (χ4v) is 4.32. The van der Waals surface area contributed by atoms with Crippen LogP contribution in [-0.2, 0) is 4.79 Å². The minimum absolute atomic E-state index is 0.149. The molecule has 2 fully saturated rings. The number of hydrogen-bond donors (Lipinski definition) is 2. The fourth-order valence-electron chi connectivity index (χ4n) is 3.65. The van der Waals surface area contributed by atoms with Crippen LogP contribution in [0.1, 0.15) is 12.1 Å². The van der Waals surface area contributed by atoms with Crippen molar-refractivity contribution in [3.8, 4) is 5.88 Å². The van der Waals surface area contributed by atoms with Gasteiger partial charge in [-0.25, -0.2) is 9.78 Å². The first-order valence-corrected chi connectivity index (χ1v) is 12.5. The van der Waals surface area contributed by atoms with E-state index < -0.39 is 11.1 Å². The summed E-state index contributed by atoms with van der Waals surface area (Å²) in [6, 6.07) is 10.9. The average molecular weight is 512 g/mol. The number of anilines is 2. The lowest BCUT2D eigenvalue weighted by atomic mass is 10.3. The van der Waals surface area contributed by atoms with Gasteiger partial charge in [0.1, 0.15) is 6.61 Å². The summed E-state index contributed by atoms with van der Waals surface area (Å²) in [7, 11) is 3.91. The normalized spacial score (nSPS) is 17.4. The second kappa shape index (κ2) is 11.9. The summed E-state index contributed by atoms with van der Waals surface area (Å²) in [5.41, 5.74) is 1.22. The van der Waals surface area contributed by atoms with E-state index in [2.05, 4.69) is 20.6 Å². The molecule has 3 heterocycles. The smallest absolute Gasteiger partial charge is 0.321 e. The fraction of sp³-hybridized carbons (Fsp3) is 0.375. The van der Waals surface area contributed by atoms with Crippen LogP contribution in [0.15, 0.2) is 41.3 Å². The zero-order valence-corrected chi connectivity index (χ0v) is 21.1. The molecule has 0 aliphatic carbocycles. The summed E-state index contributed by atoms with van der Waals surface area (Å²) in [6.07, 6.45) is 2.30. The van der Waals surface area contributed by atoms with Crippen molar-refractivity contribution in [1.82, 2.24) is 25.1 Å². The molecule has 190 valence electrons. The second-order valence-electron chi connectivity index (χ2n) is 8.56. The highest BCUT2D eigenvalue weighted by Crippen LogP contribution is 2.27. The lowest BCUT2D eigenvalue weighted by molar-refractivity contribution is -0.115. The van der Waals surface area contributed by atoms with Crippen molar-refractivity contribution in [2.24, 2.45) is 0 Å². The Kier molecular flexibility index (Phi) is 8.39. The Morgan fingerprint density at radius 1 is 1.17 bits per heavy atom. The van der Waals surface area contributed by atoms with Crippen LogP contribution < -0.4 is 20.3 Å². The van der Waals surface area contributed by atoms with Crippen LogP contribution in [0.3, 0.4) is 0 Å². The van der Waals surface area contributed by atoms with Crippen molar-refractivity contribution >= 4 is 46.7 Å². The predicted molar refractivity (Wildman–Crippen MR) is 139 cm³/mol. The Balaban J connectivity index is 1.50. The number of carbonyl (C=O) groups excluding carboxylic acids is 3. The first-order chi connectivity index (χ1) is 17.4. The van der Waals surface area contributed by atoms with Gasteiger partial charge in [-0.2, -0.15) is 4.98 Å². The number of likely N-dealkylation sites (N-methyl/N-ethyl adjacent to an activating group) is 1. The summed E-state index contributed by atoms with van der Waals surface area (Å²) in [5, 5.41) is 4.77. The Bertz CT molecular complexity index is 1140. The molecule has 0 saturated carbocycles. The molecule has 36 heavy (non-hydrogen) atoms. The molecule has 0 bridgehead atoms. The maximum Gasteiger partial charge on any atom is 0.321 e. The number of amides is 4.